The molecule has 0 spiro atoms. The Balaban J connectivity index is 1.73. The molecule has 2 aromatic rings. The van der Waals surface area contributed by atoms with Gasteiger partial charge in [-0.3, -0.25) is 15.1 Å². The quantitative estimate of drug-likeness (QED) is 0.938. The Bertz CT molecular complexity index is 686. The lowest BCUT2D eigenvalue weighted by atomic mass is 9.95. The highest BCUT2D eigenvalue weighted by Crippen LogP contribution is 2.24. The lowest BCUT2D eigenvalue weighted by Crippen LogP contribution is -2.14. The summed E-state index contributed by atoms with van der Waals surface area (Å²) in [6.07, 6.45) is 5.85. The summed E-state index contributed by atoms with van der Waals surface area (Å²) >= 11 is 1.32. The Morgan fingerprint density at radius 1 is 1.36 bits per heavy atom. The summed E-state index contributed by atoms with van der Waals surface area (Å²) in [5.74, 6) is -0.200. The van der Waals surface area contributed by atoms with Crippen molar-refractivity contribution >= 4 is 22.4 Å². The summed E-state index contributed by atoms with van der Waals surface area (Å²) in [4.78, 5) is 16.7. The van der Waals surface area contributed by atoms with Gasteiger partial charge in [0.1, 0.15) is 11.1 Å². The van der Waals surface area contributed by atoms with E-state index in [1.54, 1.807) is 13.3 Å². The molecule has 1 amide bonds. The van der Waals surface area contributed by atoms with Crippen molar-refractivity contribution in [1.29, 1.82) is 0 Å². The second kappa shape index (κ2) is 6.50. The van der Waals surface area contributed by atoms with Crippen LogP contribution in [0.4, 0.5) is 5.13 Å². The maximum atomic E-state index is 12.3. The molecule has 0 radical (unpaired) electrons. The van der Waals surface area contributed by atoms with Gasteiger partial charge in [0.25, 0.3) is 5.91 Å². The molecule has 1 N–H and O–H groups in total. The monoisotopic (exact) mass is 318 g/mol. The number of nitrogens with zero attached hydrogens (tertiary/aromatic N) is 3. The van der Waals surface area contributed by atoms with Crippen molar-refractivity contribution in [2.45, 2.75) is 38.7 Å². The number of hydrogen-bond donors (Lipinski definition) is 1. The minimum Gasteiger partial charge on any atom is -0.374 e. The van der Waals surface area contributed by atoms with E-state index in [4.69, 9.17) is 4.74 Å². The van der Waals surface area contributed by atoms with Crippen molar-refractivity contribution in [3.05, 3.63) is 34.1 Å². The summed E-state index contributed by atoms with van der Waals surface area (Å²) in [6, 6.07) is 1.94. The van der Waals surface area contributed by atoms with E-state index in [2.05, 4.69) is 20.5 Å². The Kier molecular flexibility index (Phi) is 4.44. The van der Waals surface area contributed by atoms with Crippen LogP contribution in [-0.2, 0) is 17.6 Å². The van der Waals surface area contributed by atoms with Crippen molar-refractivity contribution in [2.75, 3.05) is 12.4 Å². The van der Waals surface area contributed by atoms with Gasteiger partial charge < -0.3 is 4.74 Å². The van der Waals surface area contributed by atoms with Gasteiger partial charge in [0.15, 0.2) is 0 Å². The normalized spacial score (nSPS) is 15.2. The number of amides is 1. The fourth-order valence-corrected chi connectivity index (χ4v) is 3.20. The second-order valence-electron chi connectivity index (χ2n) is 5.31. The fourth-order valence-electron chi connectivity index (χ4n) is 2.43. The van der Waals surface area contributed by atoms with Crippen molar-refractivity contribution in [3.8, 4) is 0 Å². The molecule has 1 aliphatic carbocycles. The minimum absolute atomic E-state index is 0.131. The fraction of sp³-hybridized carbons (Fsp3) is 0.467. The number of methoxy groups -OCH3 is 1. The number of carbonyl (C=O) groups is 1. The number of nitrogens with one attached hydrogen (secondary N) is 1. The largest absolute Gasteiger partial charge is 0.374 e. The van der Waals surface area contributed by atoms with Gasteiger partial charge in [0.05, 0.1) is 5.56 Å². The Labute approximate surface area is 132 Å². The third kappa shape index (κ3) is 3.15. The Morgan fingerprint density at radius 2 is 2.18 bits per heavy atom. The zero-order chi connectivity index (χ0) is 15.5. The van der Waals surface area contributed by atoms with Crippen molar-refractivity contribution in [3.63, 3.8) is 0 Å². The molecule has 2 heterocycles. The third-order valence-electron chi connectivity index (χ3n) is 3.79. The van der Waals surface area contributed by atoms with E-state index >= 15 is 0 Å². The van der Waals surface area contributed by atoms with Crippen LogP contribution in [0.25, 0.3) is 0 Å². The molecule has 2 aromatic heterocycles. The molecule has 1 atom stereocenters. The van der Waals surface area contributed by atoms with E-state index in [1.807, 2.05) is 13.0 Å². The van der Waals surface area contributed by atoms with E-state index in [0.29, 0.717) is 10.7 Å². The average molecular weight is 318 g/mol. The molecule has 0 saturated carbocycles. The van der Waals surface area contributed by atoms with Crippen LogP contribution >= 0.6 is 11.3 Å². The van der Waals surface area contributed by atoms with Crippen LogP contribution < -0.4 is 5.32 Å². The molecule has 6 nitrogen and oxygen atoms in total. The Hall–Kier alpha value is -1.86. The molecule has 116 valence electrons. The summed E-state index contributed by atoms with van der Waals surface area (Å²) in [7, 11) is 1.61. The highest BCUT2D eigenvalue weighted by atomic mass is 32.1. The van der Waals surface area contributed by atoms with Gasteiger partial charge in [0.2, 0.25) is 5.13 Å². The van der Waals surface area contributed by atoms with E-state index in [0.717, 1.165) is 30.0 Å². The summed E-state index contributed by atoms with van der Waals surface area (Å²) in [5.41, 5.74) is 2.87. The molecule has 7 heteroatoms. The van der Waals surface area contributed by atoms with Crippen molar-refractivity contribution < 1.29 is 9.53 Å². The van der Waals surface area contributed by atoms with E-state index in [-0.39, 0.29) is 12.0 Å². The van der Waals surface area contributed by atoms with Crippen LogP contribution in [0.3, 0.4) is 0 Å². The first-order valence-electron chi connectivity index (χ1n) is 7.32. The SMILES string of the molecule is COC(C)c1nnc(NC(=O)c2cnc3c(c2)CCCC3)s1. The van der Waals surface area contributed by atoms with Crippen molar-refractivity contribution in [2.24, 2.45) is 0 Å². The topological polar surface area (TPSA) is 77.0 Å². The zero-order valence-corrected chi connectivity index (χ0v) is 13.4. The van der Waals surface area contributed by atoms with Crippen LogP contribution in [0.1, 0.15) is 52.5 Å². The van der Waals surface area contributed by atoms with Gasteiger partial charge in [-0.1, -0.05) is 11.3 Å². The molecule has 1 unspecified atom stereocenters. The Morgan fingerprint density at radius 3 is 3.00 bits per heavy atom. The average Bonchev–Trinajstić information content (AvgIpc) is 3.02. The van der Waals surface area contributed by atoms with E-state index in [1.165, 1.54) is 23.3 Å². The van der Waals surface area contributed by atoms with Crippen molar-refractivity contribution in [1.82, 2.24) is 15.2 Å². The maximum Gasteiger partial charge on any atom is 0.259 e. The number of carbonyl (C=O) groups excluding carboxylic acids is 1. The molecule has 1 aliphatic rings. The molecule has 0 aliphatic heterocycles. The number of aryl methyl sites for hydroxylation is 2. The summed E-state index contributed by atoms with van der Waals surface area (Å²) < 4.78 is 5.19. The number of pyridine rings is 1. The zero-order valence-electron chi connectivity index (χ0n) is 12.6. The molecule has 0 aromatic carbocycles. The van der Waals surface area contributed by atoms with Gasteiger partial charge in [-0.25, -0.2) is 0 Å². The summed E-state index contributed by atoms with van der Waals surface area (Å²) in [6.45, 7) is 1.89. The number of anilines is 1. The van der Waals surface area contributed by atoms with E-state index < -0.39 is 0 Å². The standard InChI is InChI=1S/C15H18N4O2S/c1-9(21-2)14-18-19-15(22-14)17-13(20)11-7-10-5-3-4-6-12(10)16-8-11/h7-9H,3-6H2,1-2H3,(H,17,19,20). The lowest BCUT2D eigenvalue weighted by Gasteiger charge is -2.14. The molecular formula is C15H18N4O2S. The first-order valence-corrected chi connectivity index (χ1v) is 8.14. The highest BCUT2D eigenvalue weighted by Gasteiger charge is 2.16. The number of rotatable bonds is 4. The maximum absolute atomic E-state index is 12.3. The van der Waals surface area contributed by atoms with Crippen LogP contribution in [0.5, 0.6) is 0 Å². The van der Waals surface area contributed by atoms with Gasteiger partial charge in [-0.15, -0.1) is 10.2 Å². The van der Waals surface area contributed by atoms with Gasteiger partial charge >= 0.3 is 0 Å². The van der Waals surface area contributed by atoms with Gasteiger partial charge in [-0.05, 0) is 44.2 Å². The molecule has 22 heavy (non-hydrogen) atoms. The van der Waals surface area contributed by atoms with Gasteiger partial charge in [-0.2, -0.15) is 0 Å². The first kappa shape index (κ1) is 15.1. The smallest absolute Gasteiger partial charge is 0.259 e. The molecule has 3 rings (SSSR count). The van der Waals surface area contributed by atoms with Crippen LogP contribution in [-0.4, -0.2) is 28.2 Å². The van der Waals surface area contributed by atoms with Crippen LogP contribution in [0.15, 0.2) is 12.3 Å². The van der Waals surface area contributed by atoms with Crippen LogP contribution in [0, 0.1) is 0 Å². The molecule has 0 fully saturated rings. The number of fused-ring (bicyclic) bond motifs is 1. The second-order valence-corrected chi connectivity index (χ2v) is 6.32. The molecular weight excluding hydrogens is 300 g/mol. The lowest BCUT2D eigenvalue weighted by molar-refractivity contribution is 0.102. The molecule has 0 bridgehead atoms. The van der Waals surface area contributed by atoms with Gasteiger partial charge in [0, 0.05) is 19.0 Å². The van der Waals surface area contributed by atoms with Crippen LogP contribution in [0.2, 0.25) is 0 Å². The predicted molar refractivity (Wildman–Crippen MR) is 84.2 cm³/mol. The highest BCUT2D eigenvalue weighted by molar-refractivity contribution is 7.15. The first-order chi connectivity index (χ1) is 10.7. The van der Waals surface area contributed by atoms with E-state index in [9.17, 15) is 4.79 Å². The predicted octanol–water partition coefficient (Wildman–Crippen LogP) is 2.77. The third-order valence-corrected chi connectivity index (χ3v) is 4.79. The summed E-state index contributed by atoms with van der Waals surface area (Å²) in [5, 5.41) is 12.0. The number of hydrogen-bond acceptors (Lipinski definition) is 6. The number of ether oxygens (including phenoxy) is 1. The molecule has 0 saturated heterocycles. The minimum atomic E-state index is -0.200. The number of aromatic nitrogens is 3.